The fraction of sp³-hybridized carbons (Fsp3) is 0.481. The molecule has 36 heavy (non-hydrogen) atoms. The van der Waals surface area contributed by atoms with Crippen molar-refractivity contribution in [1.82, 2.24) is 4.90 Å². The van der Waals surface area contributed by atoms with E-state index in [1.54, 1.807) is 24.3 Å². The molecule has 1 aromatic heterocycles. The Kier molecular flexibility index (Phi) is 9.95. The minimum absolute atomic E-state index is 0.0719. The van der Waals surface area contributed by atoms with Gasteiger partial charge in [-0.05, 0) is 67.2 Å². The number of hydrogen-bond donors (Lipinski definition) is 1. The van der Waals surface area contributed by atoms with Crippen LogP contribution in [0.5, 0.6) is 5.75 Å². The van der Waals surface area contributed by atoms with Crippen molar-refractivity contribution in [2.75, 3.05) is 46.1 Å². The van der Waals surface area contributed by atoms with E-state index >= 15 is 0 Å². The Labute approximate surface area is 220 Å². The Bertz CT molecular complexity index is 1060. The first-order valence-corrected chi connectivity index (χ1v) is 13.5. The van der Waals surface area contributed by atoms with Gasteiger partial charge in [0.15, 0.2) is 5.78 Å². The maximum atomic E-state index is 12.4. The molecule has 2 atom stereocenters. The predicted octanol–water partition coefficient (Wildman–Crippen LogP) is 4.16. The number of nitrogens with zero attached hydrogens (tertiary/aromatic N) is 1. The Morgan fingerprint density at radius 1 is 1.22 bits per heavy atom. The highest BCUT2D eigenvalue weighted by Gasteiger charge is 2.30. The van der Waals surface area contributed by atoms with Gasteiger partial charge in [0.05, 0.1) is 32.3 Å². The Morgan fingerprint density at radius 2 is 2.06 bits per heavy atom. The molecular formula is C27H32ClNO6S. The Morgan fingerprint density at radius 3 is 2.86 bits per heavy atom. The molecule has 4 rings (SSSR count). The zero-order valence-corrected chi connectivity index (χ0v) is 21.8. The molecule has 0 amide bonds. The van der Waals surface area contributed by atoms with E-state index in [-0.39, 0.29) is 36.8 Å². The van der Waals surface area contributed by atoms with E-state index in [4.69, 9.17) is 25.8 Å². The van der Waals surface area contributed by atoms with Crippen molar-refractivity contribution < 1.29 is 28.9 Å². The van der Waals surface area contributed by atoms with Crippen molar-refractivity contribution in [2.24, 2.45) is 11.8 Å². The summed E-state index contributed by atoms with van der Waals surface area (Å²) in [6.07, 6.45) is 6.21. The normalized spacial score (nSPS) is 20.1. The van der Waals surface area contributed by atoms with E-state index in [1.165, 1.54) is 11.3 Å². The molecule has 2 aliphatic rings. The van der Waals surface area contributed by atoms with Crippen LogP contribution in [0.25, 0.3) is 0 Å². The van der Waals surface area contributed by atoms with Gasteiger partial charge in [0, 0.05) is 29.5 Å². The number of benzene rings is 1. The van der Waals surface area contributed by atoms with Crippen molar-refractivity contribution in [2.45, 2.75) is 25.9 Å². The minimum Gasteiger partial charge on any atom is -0.493 e. The second-order valence-electron chi connectivity index (χ2n) is 9.04. The summed E-state index contributed by atoms with van der Waals surface area (Å²) in [5, 5.41) is 9.84. The van der Waals surface area contributed by atoms with Crippen LogP contribution < -0.4 is 4.74 Å². The summed E-state index contributed by atoms with van der Waals surface area (Å²) >= 11 is 7.55. The number of ether oxygens (including phenoxy) is 3. The number of allylic oxidation sites excluding steroid dienone is 2. The smallest absolute Gasteiger partial charge is 0.348 e. The molecule has 0 radical (unpaired) electrons. The number of hydrogen-bond acceptors (Lipinski definition) is 8. The summed E-state index contributed by atoms with van der Waals surface area (Å²) in [5.41, 5.74) is 0.668. The summed E-state index contributed by atoms with van der Waals surface area (Å²) in [4.78, 5) is 28.8. The van der Waals surface area contributed by atoms with Gasteiger partial charge in [-0.1, -0.05) is 17.7 Å². The zero-order chi connectivity index (χ0) is 25.3. The van der Waals surface area contributed by atoms with Crippen molar-refractivity contribution in [3.63, 3.8) is 0 Å². The van der Waals surface area contributed by atoms with Crippen molar-refractivity contribution in [3.8, 4) is 5.75 Å². The molecule has 1 aliphatic heterocycles. The van der Waals surface area contributed by atoms with Gasteiger partial charge in [0.1, 0.15) is 17.2 Å². The number of carbonyl (C=O) groups is 2. The zero-order valence-electron chi connectivity index (χ0n) is 20.2. The lowest BCUT2D eigenvalue weighted by Crippen LogP contribution is -2.38. The number of rotatable bonds is 12. The van der Waals surface area contributed by atoms with Crippen molar-refractivity contribution in [3.05, 3.63) is 62.8 Å². The van der Waals surface area contributed by atoms with Crippen LogP contribution in [0, 0.1) is 11.8 Å². The highest BCUT2D eigenvalue weighted by Crippen LogP contribution is 2.30. The second-order valence-corrected chi connectivity index (χ2v) is 10.6. The molecule has 1 aromatic carbocycles. The van der Waals surface area contributed by atoms with Crippen LogP contribution >= 0.6 is 22.9 Å². The quantitative estimate of drug-likeness (QED) is 0.410. The van der Waals surface area contributed by atoms with Gasteiger partial charge >= 0.3 is 5.97 Å². The lowest BCUT2D eigenvalue weighted by Gasteiger charge is -2.26. The molecule has 9 heteroatoms. The molecule has 0 unspecified atom stereocenters. The largest absolute Gasteiger partial charge is 0.493 e. The van der Waals surface area contributed by atoms with Crippen LogP contribution in [-0.4, -0.2) is 67.8 Å². The fourth-order valence-corrected chi connectivity index (χ4v) is 5.66. The molecule has 1 saturated heterocycles. The van der Waals surface area contributed by atoms with Crippen LogP contribution in [0.2, 0.25) is 5.02 Å². The van der Waals surface area contributed by atoms with Crippen LogP contribution in [0.1, 0.15) is 33.0 Å². The highest BCUT2D eigenvalue weighted by molar-refractivity contribution is 7.13. The van der Waals surface area contributed by atoms with Crippen molar-refractivity contribution >= 4 is 34.7 Å². The number of carbonyl (C=O) groups excluding carboxylic acids is 2. The summed E-state index contributed by atoms with van der Waals surface area (Å²) in [7, 11) is 0. The molecule has 1 aliphatic carbocycles. The number of esters is 1. The number of aryl methyl sites for hydroxylation is 1. The van der Waals surface area contributed by atoms with Crippen LogP contribution in [0.4, 0.5) is 0 Å². The third kappa shape index (κ3) is 7.63. The van der Waals surface area contributed by atoms with Gasteiger partial charge < -0.3 is 19.3 Å². The van der Waals surface area contributed by atoms with Crippen LogP contribution in [0.15, 0.2) is 42.5 Å². The van der Waals surface area contributed by atoms with E-state index in [9.17, 15) is 14.7 Å². The predicted molar refractivity (Wildman–Crippen MR) is 139 cm³/mol. The topological polar surface area (TPSA) is 85.3 Å². The van der Waals surface area contributed by atoms with Gasteiger partial charge in [0.25, 0.3) is 0 Å². The molecular weight excluding hydrogens is 502 g/mol. The maximum absolute atomic E-state index is 12.4. The van der Waals surface area contributed by atoms with Gasteiger partial charge in [-0.2, -0.15) is 0 Å². The average Bonchev–Trinajstić information content (AvgIpc) is 3.50. The number of aliphatic hydroxyl groups excluding tert-OH is 1. The number of morpholine rings is 1. The molecule has 2 aromatic rings. The number of aliphatic hydroxyl groups is 1. The van der Waals surface area contributed by atoms with Crippen LogP contribution in [-0.2, 0) is 27.3 Å². The highest BCUT2D eigenvalue weighted by atomic mass is 35.5. The van der Waals surface area contributed by atoms with E-state index in [1.807, 2.05) is 18.2 Å². The standard InChI is InChI=1S/C27H32ClNO6S/c28-21-14-19(17-30)15-22(16-21)35-18-24-20(4-6-25(24)31)2-1-3-23-5-7-26(36-23)27(32)34-13-10-29-8-11-33-12-9-29/h4-7,14-16,20,24,30H,1-3,8-13,17-18H2/t20-,24+/m0/s1. The maximum Gasteiger partial charge on any atom is 0.348 e. The molecule has 2 heterocycles. The molecule has 0 bridgehead atoms. The van der Waals surface area contributed by atoms with Gasteiger partial charge in [-0.15, -0.1) is 11.3 Å². The Hall–Kier alpha value is -2.23. The average molecular weight is 534 g/mol. The van der Waals surface area contributed by atoms with Gasteiger partial charge in [-0.3, -0.25) is 9.69 Å². The summed E-state index contributed by atoms with van der Waals surface area (Å²) in [6.45, 7) is 4.46. The first-order valence-electron chi connectivity index (χ1n) is 12.3. The lowest BCUT2D eigenvalue weighted by molar-refractivity contribution is -0.119. The van der Waals surface area contributed by atoms with E-state index in [0.717, 1.165) is 57.0 Å². The molecule has 0 spiro atoms. The number of ketones is 1. The first-order chi connectivity index (χ1) is 17.5. The number of halogens is 1. The van der Waals surface area contributed by atoms with Crippen LogP contribution in [0.3, 0.4) is 0 Å². The summed E-state index contributed by atoms with van der Waals surface area (Å²) in [6, 6.07) is 8.91. The number of thiophene rings is 1. The van der Waals surface area contributed by atoms with E-state index in [2.05, 4.69) is 4.90 Å². The van der Waals surface area contributed by atoms with Gasteiger partial charge in [0.2, 0.25) is 0 Å². The Balaban J connectivity index is 1.19. The fourth-order valence-electron chi connectivity index (χ4n) is 4.47. The molecule has 1 N–H and O–H groups in total. The second kappa shape index (κ2) is 13.4. The molecule has 0 saturated carbocycles. The molecule has 194 valence electrons. The molecule has 1 fully saturated rings. The third-order valence-corrected chi connectivity index (χ3v) is 7.84. The van der Waals surface area contributed by atoms with E-state index < -0.39 is 0 Å². The third-order valence-electron chi connectivity index (χ3n) is 6.50. The van der Waals surface area contributed by atoms with Gasteiger partial charge in [-0.25, -0.2) is 4.79 Å². The van der Waals surface area contributed by atoms with E-state index in [0.29, 0.717) is 27.8 Å². The monoisotopic (exact) mass is 533 g/mol. The summed E-state index contributed by atoms with van der Waals surface area (Å²) < 4.78 is 16.6. The summed E-state index contributed by atoms with van der Waals surface area (Å²) in [5.74, 6) is 0.225. The van der Waals surface area contributed by atoms with Crippen molar-refractivity contribution in [1.29, 1.82) is 0 Å². The lowest BCUT2D eigenvalue weighted by atomic mass is 9.90. The SMILES string of the molecule is O=C(OCCN1CCOCC1)c1ccc(CCC[C@H]2C=CC(=O)[C@@H]2COc2cc(Cl)cc(CO)c2)s1. The minimum atomic E-state index is -0.272. The first kappa shape index (κ1) is 26.8. The molecule has 7 nitrogen and oxygen atoms in total.